The first-order valence-electron chi connectivity index (χ1n) is 6.21. The van der Waals surface area contributed by atoms with E-state index in [0.717, 1.165) is 6.26 Å². The highest BCUT2D eigenvalue weighted by Gasteiger charge is 2.29. The zero-order chi connectivity index (χ0) is 16.9. The second-order valence-electron chi connectivity index (χ2n) is 3.88. The number of ether oxygens (including phenoxy) is 2. The van der Waals surface area contributed by atoms with Crippen LogP contribution >= 0.6 is 23.2 Å². The van der Waals surface area contributed by atoms with Crippen LogP contribution in [0.1, 0.15) is 24.2 Å². The highest BCUT2D eigenvalue weighted by Crippen LogP contribution is 2.30. The number of carbonyl (C=O) groups is 2. The van der Waals surface area contributed by atoms with E-state index in [1.54, 1.807) is 6.92 Å². The number of hydrogen-bond donors (Lipinski definition) is 0. The van der Waals surface area contributed by atoms with E-state index < -0.39 is 44.6 Å². The molecular weight excluding hydrogens is 341 g/mol. The third kappa shape index (κ3) is 3.96. The van der Waals surface area contributed by atoms with Crippen LogP contribution in [0.5, 0.6) is 0 Å². The van der Waals surface area contributed by atoms with E-state index in [1.807, 2.05) is 0 Å². The van der Waals surface area contributed by atoms with Gasteiger partial charge in [-0.2, -0.15) is 0 Å². The molecule has 1 aromatic carbocycles. The molecule has 0 heterocycles. The summed E-state index contributed by atoms with van der Waals surface area (Å²) in [6.07, 6.45) is 0.822. The van der Waals surface area contributed by atoms with Crippen LogP contribution in [0.4, 0.5) is 8.78 Å². The van der Waals surface area contributed by atoms with Gasteiger partial charge < -0.3 is 9.47 Å². The maximum Gasteiger partial charge on any atom is 0.345 e. The molecule has 4 nitrogen and oxygen atoms in total. The summed E-state index contributed by atoms with van der Waals surface area (Å²) in [4.78, 5) is 24.1. The molecule has 0 aliphatic rings. The lowest BCUT2D eigenvalue weighted by Gasteiger charge is -2.10. The molecule has 8 heteroatoms. The van der Waals surface area contributed by atoms with Crippen LogP contribution in [-0.4, -0.2) is 25.0 Å². The summed E-state index contributed by atoms with van der Waals surface area (Å²) in [5, 5.41) is -1.40. The van der Waals surface area contributed by atoms with Gasteiger partial charge >= 0.3 is 5.97 Å². The molecule has 1 rings (SSSR count). The number of benzene rings is 1. The third-order valence-electron chi connectivity index (χ3n) is 2.45. The van der Waals surface area contributed by atoms with Gasteiger partial charge in [0.1, 0.15) is 17.7 Å². The van der Waals surface area contributed by atoms with E-state index in [-0.39, 0.29) is 13.2 Å². The summed E-state index contributed by atoms with van der Waals surface area (Å²) in [5.41, 5.74) is -1.42. The Bertz CT molecular complexity index is 630. The average Bonchev–Trinajstić information content (AvgIpc) is 2.45. The summed E-state index contributed by atoms with van der Waals surface area (Å²) in [6, 6.07) is 0.597. The van der Waals surface area contributed by atoms with Crippen molar-refractivity contribution in [3.8, 4) is 0 Å². The molecule has 0 aliphatic carbocycles. The standard InChI is InChI=1S/C14H12Cl2F2O4/c1-3-21-6-7(14(20)22-4-2)13(19)10-9(17)5-8(15)12(18)11(10)16/h5-6H,3-4H2,1-2H3/b7-6-. The van der Waals surface area contributed by atoms with E-state index in [4.69, 9.17) is 27.9 Å². The van der Waals surface area contributed by atoms with Crippen molar-refractivity contribution in [1.82, 2.24) is 0 Å². The first-order chi connectivity index (χ1) is 10.3. The van der Waals surface area contributed by atoms with Gasteiger partial charge in [-0.1, -0.05) is 23.2 Å². The molecule has 0 aromatic heterocycles. The monoisotopic (exact) mass is 352 g/mol. The lowest BCUT2D eigenvalue weighted by atomic mass is 10.0. The Morgan fingerprint density at radius 3 is 2.41 bits per heavy atom. The fourth-order valence-corrected chi connectivity index (χ4v) is 2.00. The molecule has 0 unspecified atom stereocenters. The maximum atomic E-state index is 13.9. The molecule has 0 atom stereocenters. The molecule has 0 saturated carbocycles. The van der Waals surface area contributed by atoms with Crippen molar-refractivity contribution in [3.05, 3.63) is 45.1 Å². The Labute approximate surface area is 135 Å². The molecule has 0 amide bonds. The predicted octanol–water partition coefficient (Wildman–Crippen LogP) is 3.94. The van der Waals surface area contributed by atoms with Crippen molar-refractivity contribution in [2.75, 3.05) is 13.2 Å². The van der Waals surface area contributed by atoms with Crippen LogP contribution in [0.3, 0.4) is 0 Å². The summed E-state index contributed by atoms with van der Waals surface area (Å²) in [5.74, 6) is -4.52. The van der Waals surface area contributed by atoms with E-state index >= 15 is 0 Å². The van der Waals surface area contributed by atoms with Crippen LogP contribution < -0.4 is 0 Å². The summed E-state index contributed by atoms with van der Waals surface area (Å²) in [7, 11) is 0. The molecular formula is C14H12Cl2F2O4. The molecule has 0 N–H and O–H groups in total. The van der Waals surface area contributed by atoms with Crippen molar-refractivity contribution in [2.45, 2.75) is 13.8 Å². The van der Waals surface area contributed by atoms with Gasteiger partial charge in [0.05, 0.1) is 28.8 Å². The fourth-order valence-electron chi connectivity index (χ4n) is 1.48. The van der Waals surface area contributed by atoms with E-state index in [0.29, 0.717) is 6.07 Å². The predicted molar refractivity (Wildman–Crippen MR) is 77.1 cm³/mol. The van der Waals surface area contributed by atoms with Crippen LogP contribution in [0.2, 0.25) is 10.0 Å². The Morgan fingerprint density at radius 2 is 1.86 bits per heavy atom. The lowest BCUT2D eigenvalue weighted by Crippen LogP contribution is -2.18. The van der Waals surface area contributed by atoms with Crippen LogP contribution in [0, 0.1) is 11.6 Å². The van der Waals surface area contributed by atoms with E-state index in [9.17, 15) is 18.4 Å². The number of Topliss-reactive ketones (excluding diaryl/α,β-unsaturated/α-hetero) is 1. The van der Waals surface area contributed by atoms with Crippen LogP contribution in [0.25, 0.3) is 0 Å². The molecule has 0 saturated heterocycles. The molecule has 120 valence electrons. The van der Waals surface area contributed by atoms with Crippen LogP contribution in [0.15, 0.2) is 17.9 Å². The van der Waals surface area contributed by atoms with Gasteiger partial charge in [0.2, 0.25) is 5.78 Å². The Hall–Kier alpha value is -1.66. The molecule has 0 spiro atoms. The first-order valence-corrected chi connectivity index (χ1v) is 6.97. The summed E-state index contributed by atoms with van der Waals surface area (Å²) < 4.78 is 37.1. The Morgan fingerprint density at radius 1 is 1.23 bits per heavy atom. The van der Waals surface area contributed by atoms with Gasteiger partial charge in [0, 0.05) is 0 Å². The van der Waals surface area contributed by atoms with E-state index in [2.05, 4.69) is 4.74 Å². The number of hydrogen-bond acceptors (Lipinski definition) is 4. The second-order valence-corrected chi connectivity index (χ2v) is 4.66. The van der Waals surface area contributed by atoms with Gasteiger partial charge in [-0.15, -0.1) is 0 Å². The zero-order valence-corrected chi connectivity index (χ0v) is 13.2. The topological polar surface area (TPSA) is 52.6 Å². The van der Waals surface area contributed by atoms with Crippen molar-refractivity contribution in [2.24, 2.45) is 0 Å². The Kier molecular flexibility index (Phi) is 6.77. The van der Waals surface area contributed by atoms with Crippen LogP contribution in [-0.2, 0) is 14.3 Å². The second kappa shape index (κ2) is 8.10. The summed E-state index contributed by atoms with van der Waals surface area (Å²) in [6.45, 7) is 3.28. The van der Waals surface area contributed by atoms with E-state index in [1.165, 1.54) is 6.92 Å². The molecule has 1 aromatic rings. The first kappa shape index (κ1) is 18.4. The molecule has 0 bridgehead atoms. The van der Waals surface area contributed by atoms with Crippen molar-refractivity contribution in [1.29, 1.82) is 0 Å². The molecule has 0 aliphatic heterocycles. The number of esters is 1. The SMILES string of the molecule is CCO/C=C(\C(=O)OCC)C(=O)c1c(F)cc(Cl)c(F)c1Cl. The third-order valence-corrected chi connectivity index (χ3v) is 3.08. The van der Waals surface area contributed by atoms with Gasteiger partial charge in [0.25, 0.3) is 0 Å². The number of rotatable bonds is 6. The number of halogens is 4. The van der Waals surface area contributed by atoms with Gasteiger partial charge in [-0.3, -0.25) is 4.79 Å². The minimum absolute atomic E-state index is 0.0131. The van der Waals surface area contributed by atoms with Gasteiger partial charge in [-0.25, -0.2) is 13.6 Å². The number of ketones is 1. The summed E-state index contributed by atoms with van der Waals surface area (Å²) >= 11 is 11.0. The van der Waals surface area contributed by atoms with Crippen molar-refractivity contribution >= 4 is 35.0 Å². The van der Waals surface area contributed by atoms with Gasteiger partial charge in [0.15, 0.2) is 5.82 Å². The maximum absolute atomic E-state index is 13.9. The highest BCUT2D eigenvalue weighted by atomic mass is 35.5. The minimum atomic E-state index is -1.16. The largest absolute Gasteiger partial charge is 0.500 e. The average molecular weight is 353 g/mol. The normalized spacial score (nSPS) is 11.3. The smallest absolute Gasteiger partial charge is 0.345 e. The van der Waals surface area contributed by atoms with Gasteiger partial charge in [-0.05, 0) is 19.9 Å². The number of carbonyl (C=O) groups excluding carboxylic acids is 2. The quantitative estimate of drug-likeness (QED) is 0.114. The fraction of sp³-hybridized carbons (Fsp3) is 0.286. The highest BCUT2D eigenvalue weighted by molar-refractivity contribution is 6.39. The molecule has 0 radical (unpaired) electrons. The zero-order valence-electron chi connectivity index (χ0n) is 11.7. The minimum Gasteiger partial charge on any atom is -0.500 e. The lowest BCUT2D eigenvalue weighted by molar-refractivity contribution is -0.138. The molecule has 0 fully saturated rings. The van der Waals surface area contributed by atoms with Crippen molar-refractivity contribution < 1.29 is 27.8 Å². The molecule has 22 heavy (non-hydrogen) atoms. The van der Waals surface area contributed by atoms with Crippen molar-refractivity contribution in [3.63, 3.8) is 0 Å². The Balaban J connectivity index is 3.37.